The van der Waals surface area contributed by atoms with E-state index in [1.165, 1.54) is 111 Å². The molecule has 0 saturated carbocycles. The summed E-state index contributed by atoms with van der Waals surface area (Å²) in [6, 6.07) is 72.4. The van der Waals surface area contributed by atoms with Crippen LogP contribution in [0.4, 0.5) is 0 Å². The van der Waals surface area contributed by atoms with Gasteiger partial charge >= 0.3 is 0 Å². The Morgan fingerprint density at radius 1 is 0.382 bits per heavy atom. The van der Waals surface area contributed by atoms with E-state index in [9.17, 15) is 0 Å². The molecule has 256 valence electrons. The predicted octanol–water partition coefficient (Wildman–Crippen LogP) is 14.0. The van der Waals surface area contributed by atoms with Gasteiger partial charge in [-0.05, 0) is 126 Å². The second-order valence-corrected chi connectivity index (χ2v) is 15.2. The lowest BCUT2D eigenvalue weighted by molar-refractivity contribution is 1.02. The summed E-state index contributed by atoms with van der Waals surface area (Å²) in [7, 11) is 0. The Kier molecular flexibility index (Phi) is 6.53. The molecule has 0 spiro atoms. The fourth-order valence-electron chi connectivity index (χ4n) is 9.79. The minimum Gasteiger partial charge on any atom is -0.309 e. The van der Waals surface area contributed by atoms with Crippen LogP contribution < -0.4 is 0 Å². The van der Waals surface area contributed by atoms with Gasteiger partial charge in [-0.1, -0.05) is 158 Å². The van der Waals surface area contributed by atoms with Crippen molar-refractivity contribution in [3.05, 3.63) is 222 Å². The lowest BCUT2D eigenvalue weighted by Gasteiger charge is -2.16. The van der Waals surface area contributed by atoms with Gasteiger partial charge in [-0.15, -0.1) is 0 Å². The van der Waals surface area contributed by atoms with Crippen LogP contribution in [0.5, 0.6) is 0 Å². The molecule has 0 saturated heterocycles. The molecule has 0 fully saturated rings. The Bertz CT molecular complexity index is 3180. The largest absolute Gasteiger partial charge is 0.309 e. The van der Waals surface area contributed by atoms with Crippen LogP contribution in [0.2, 0.25) is 0 Å². The van der Waals surface area contributed by atoms with Gasteiger partial charge < -0.3 is 4.57 Å². The maximum Gasteiger partial charge on any atom is 0.0547 e. The van der Waals surface area contributed by atoms with Crippen molar-refractivity contribution in [2.45, 2.75) is 12.3 Å². The summed E-state index contributed by atoms with van der Waals surface area (Å²) >= 11 is 0. The van der Waals surface area contributed by atoms with Crippen LogP contribution in [0.3, 0.4) is 0 Å². The van der Waals surface area contributed by atoms with Crippen LogP contribution in [-0.2, 0) is 6.42 Å². The first kappa shape index (κ1) is 30.5. The first-order valence-electron chi connectivity index (χ1n) is 19.3. The molecule has 2 aliphatic rings. The molecule has 2 aliphatic carbocycles. The molecule has 0 radical (unpaired) electrons. The zero-order chi connectivity index (χ0) is 36.0. The van der Waals surface area contributed by atoms with Gasteiger partial charge in [0, 0.05) is 22.4 Å². The van der Waals surface area contributed by atoms with Crippen LogP contribution in [0, 0.1) is 0 Å². The van der Waals surface area contributed by atoms with Gasteiger partial charge in [0.1, 0.15) is 0 Å². The van der Waals surface area contributed by atoms with Crippen LogP contribution in [0.1, 0.15) is 33.7 Å². The second-order valence-electron chi connectivity index (χ2n) is 15.2. The van der Waals surface area contributed by atoms with Crippen LogP contribution >= 0.6 is 0 Å². The van der Waals surface area contributed by atoms with Crippen molar-refractivity contribution in [1.29, 1.82) is 0 Å². The maximum atomic E-state index is 2.43. The smallest absolute Gasteiger partial charge is 0.0547 e. The van der Waals surface area contributed by atoms with E-state index in [1.807, 2.05) is 0 Å². The zero-order valence-electron chi connectivity index (χ0n) is 30.2. The van der Waals surface area contributed by atoms with Crippen molar-refractivity contribution < 1.29 is 0 Å². The summed E-state index contributed by atoms with van der Waals surface area (Å²) in [6.07, 6.45) is 1.01. The minimum atomic E-state index is 0.182. The van der Waals surface area contributed by atoms with E-state index >= 15 is 0 Å². The van der Waals surface area contributed by atoms with Gasteiger partial charge in [-0.25, -0.2) is 0 Å². The number of fused-ring (bicyclic) bond motifs is 10. The third kappa shape index (κ3) is 4.60. The van der Waals surface area contributed by atoms with E-state index in [-0.39, 0.29) is 5.92 Å². The first-order chi connectivity index (χ1) is 27.3. The fraction of sp³-hybridized carbons (Fsp3) is 0.0370. The molecule has 55 heavy (non-hydrogen) atoms. The Balaban J connectivity index is 0.944. The molecule has 0 bridgehead atoms. The van der Waals surface area contributed by atoms with E-state index in [2.05, 4.69) is 199 Å². The average molecular weight is 698 g/mol. The third-order valence-corrected chi connectivity index (χ3v) is 12.3. The molecule has 12 rings (SSSR count). The van der Waals surface area contributed by atoms with E-state index in [4.69, 9.17) is 0 Å². The number of nitrogens with zero attached hydrogens (tertiary/aromatic N) is 1. The van der Waals surface area contributed by atoms with Crippen LogP contribution in [-0.4, -0.2) is 4.57 Å². The summed E-state index contributed by atoms with van der Waals surface area (Å²) in [5, 5.41) is 5.10. The van der Waals surface area contributed by atoms with Crippen molar-refractivity contribution in [1.82, 2.24) is 4.57 Å². The highest BCUT2D eigenvalue weighted by atomic mass is 15.0. The number of para-hydroxylation sites is 2. The monoisotopic (exact) mass is 697 g/mol. The third-order valence-electron chi connectivity index (χ3n) is 12.3. The topological polar surface area (TPSA) is 4.93 Å². The summed E-state index contributed by atoms with van der Waals surface area (Å²) in [4.78, 5) is 0. The first-order valence-corrected chi connectivity index (χ1v) is 19.3. The molecule has 1 nitrogen and oxygen atoms in total. The molecule has 1 atom stereocenters. The lowest BCUT2D eigenvalue weighted by atomic mass is 9.87. The van der Waals surface area contributed by atoms with Gasteiger partial charge in [-0.3, -0.25) is 0 Å². The van der Waals surface area contributed by atoms with Crippen molar-refractivity contribution >= 4 is 32.6 Å². The molecular weight excluding hydrogens is 663 g/mol. The van der Waals surface area contributed by atoms with Crippen molar-refractivity contribution in [2.24, 2.45) is 0 Å². The SMILES string of the molecule is c1ccc(-n2c3ccccc3c3ccc(-c4ccc5c(c4)-c4ccccc4C5c4ccc5cc(-c6cccc7c6-c6ccccc6C7)ccc5c4)cc32)cc1. The molecule has 10 aromatic rings. The number of aromatic nitrogens is 1. The van der Waals surface area contributed by atoms with Crippen molar-refractivity contribution in [3.8, 4) is 50.2 Å². The Morgan fingerprint density at radius 2 is 1.05 bits per heavy atom. The molecule has 0 aliphatic heterocycles. The number of benzene rings is 9. The summed E-state index contributed by atoms with van der Waals surface area (Å²) in [6.45, 7) is 0. The Labute approximate surface area is 320 Å². The van der Waals surface area contributed by atoms with Crippen molar-refractivity contribution in [2.75, 3.05) is 0 Å². The number of hydrogen-bond acceptors (Lipinski definition) is 0. The highest BCUT2D eigenvalue weighted by Crippen LogP contribution is 2.50. The fourth-order valence-corrected chi connectivity index (χ4v) is 9.79. The van der Waals surface area contributed by atoms with E-state index in [0.29, 0.717) is 0 Å². The summed E-state index contributed by atoms with van der Waals surface area (Å²) < 4.78 is 2.40. The number of rotatable bonds is 4. The van der Waals surface area contributed by atoms with Gasteiger partial charge in [0.15, 0.2) is 0 Å². The lowest BCUT2D eigenvalue weighted by Crippen LogP contribution is -1.99. The number of hydrogen-bond donors (Lipinski definition) is 0. The standard InChI is InChI=1S/C54H35N/c1-2-13-42(14-3-1)55-51-20-9-8-17-46(51)47-27-25-37(33-52(47)55)36-26-28-49-50(32-36)45-16-6-7-18-48(45)54(49)41-24-22-34-29-39(23-21-35(34)30-41)44-19-10-12-40-31-38-11-4-5-15-43(38)53(40)44/h1-30,32-33,54H,31H2. The van der Waals surface area contributed by atoms with Gasteiger partial charge in [-0.2, -0.15) is 0 Å². The average Bonchev–Trinajstić information content (AvgIpc) is 3.91. The Hall–Kier alpha value is -6.96. The van der Waals surface area contributed by atoms with Crippen molar-refractivity contribution in [3.63, 3.8) is 0 Å². The minimum absolute atomic E-state index is 0.182. The van der Waals surface area contributed by atoms with Crippen LogP contribution in [0.25, 0.3) is 82.8 Å². The summed E-state index contributed by atoms with van der Waals surface area (Å²) in [5.41, 5.74) is 21.1. The van der Waals surface area contributed by atoms with E-state index < -0.39 is 0 Å². The molecule has 0 amide bonds. The van der Waals surface area contributed by atoms with Gasteiger partial charge in [0.2, 0.25) is 0 Å². The Morgan fingerprint density at radius 3 is 2.00 bits per heavy atom. The second kappa shape index (κ2) is 11.8. The van der Waals surface area contributed by atoms with E-state index in [1.54, 1.807) is 0 Å². The highest BCUT2D eigenvalue weighted by molar-refractivity contribution is 6.10. The summed E-state index contributed by atoms with van der Waals surface area (Å²) in [5.74, 6) is 0.182. The molecule has 1 aromatic heterocycles. The molecule has 1 unspecified atom stereocenters. The van der Waals surface area contributed by atoms with Gasteiger partial charge in [0.25, 0.3) is 0 Å². The molecular formula is C54H35N. The van der Waals surface area contributed by atoms with Gasteiger partial charge in [0.05, 0.1) is 11.0 Å². The zero-order valence-corrected chi connectivity index (χ0v) is 30.2. The predicted molar refractivity (Wildman–Crippen MR) is 230 cm³/mol. The van der Waals surface area contributed by atoms with E-state index in [0.717, 1.165) is 6.42 Å². The normalized spacial score (nSPS) is 13.9. The van der Waals surface area contributed by atoms with Crippen LogP contribution in [0.15, 0.2) is 194 Å². The molecule has 1 heterocycles. The maximum absolute atomic E-state index is 2.43. The molecule has 0 N–H and O–H groups in total. The molecule has 1 heteroatoms. The highest BCUT2D eigenvalue weighted by Gasteiger charge is 2.30. The quantitative estimate of drug-likeness (QED) is 0.173. The molecule has 9 aromatic carbocycles.